The highest BCUT2D eigenvalue weighted by molar-refractivity contribution is 6.03. The fourth-order valence-corrected chi connectivity index (χ4v) is 3.27. The molecule has 7 nitrogen and oxygen atoms in total. The standard InChI is InChI=1S/C23H19F3N4O3/c1-13-11-19(31)20(29-30(13)18-8-3-2-7-17(18)23(24,25)26)22(33)28-16-6-4-5-14(12-16)21(32)27-15-9-10-15/h2-8,11-12,15H,9-10H2,1H3,(H,27,32)(H,28,33). The van der Waals surface area contributed by atoms with Crippen molar-refractivity contribution in [3.63, 3.8) is 0 Å². The van der Waals surface area contributed by atoms with Crippen LogP contribution in [0.25, 0.3) is 5.69 Å². The van der Waals surface area contributed by atoms with Crippen molar-refractivity contribution in [1.82, 2.24) is 15.1 Å². The van der Waals surface area contributed by atoms with Crippen molar-refractivity contribution >= 4 is 17.5 Å². The van der Waals surface area contributed by atoms with Gasteiger partial charge in [0.1, 0.15) is 0 Å². The molecule has 10 heteroatoms. The van der Waals surface area contributed by atoms with Gasteiger partial charge in [0.2, 0.25) is 5.43 Å². The molecular formula is C23H19F3N4O3. The van der Waals surface area contributed by atoms with E-state index in [1.807, 2.05) is 0 Å². The number of anilines is 1. The molecule has 33 heavy (non-hydrogen) atoms. The number of amides is 2. The number of halogens is 3. The number of carbonyl (C=O) groups is 2. The quantitative estimate of drug-likeness (QED) is 0.612. The number of nitrogens with one attached hydrogen (secondary N) is 2. The number of para-hydroxylation sites is 1. The zero-order valence-electron chi connectivity index (χ0n) is 17.4. The highest BCUT2D eigenvalue weighted by Crippen LogP contribution is 2.33. The first kappa shape index (κ1) is 22.3. The largest absolute Gasteiger partial charge is 0.418 e. The lowest BCUT2D eigenvalue weighted by molar-refractivity contribution is -0.137. The first-order valence-corrected chi connectivity index (χ1v) is 10.1. The van der Waals surface area contributed by atoms with Gasteiger partial charge in [-0.2, -0.15) is 18.3 Å². The Hall–Kier alpha value is -3.95. The Kier molecular flexibility index (Phi) is 5.75. The number of nitrogens with zero attached hydrogens (tertiary/aromatic N) is 2. The summed E-state index contributed by atoms with van der Waals surface area (Å²) in [6, 6.07) is 12.1. The number of benzene rings is 2. The minimum absolute atomic E-state index is 0.131. The molecule has 0 spiro atoms. The van der Waals surface area contributed by atoms with Gasteiger partial charge in [0.25, 0.3) is 11.8 Å². The van der Waals surface area contributed by atoms with Crippen LogP contribution in [-0.4, -0.2) is 27.6 Å². The lowest BCUT2D eigenvalue weighted by Gasteiger charge is -2.16. The van der Waals surface area contributed by atoms with Gasteiger partial charge in [-0.15, -0.1) is 0 Å². The number of aromatic nitrogens is 2. The van der Waals surface area contributed by atoms with Crippen molar-refractivity contribution in [2.45, 2.75) is 32.0 Å². The second-order valence-corrected chi connectivity index (χ2v) is 7.71. The van der Waals surface area contributed by atoms with Crippen LogP contribution in [0.3, 0.4) is 0 Å². The summed E-state index contributed by atoms with van der Waals surface area (Å²) in [6.07, 6.45) is -2.81. The number of aryl methyl sites for hydroxylation is 1. The van der Waals surface area contributed by atoms with Crippen molar-refractivity contribution in [3.05, 3.63) is 87.3 Å². The summed E-state index contributed by atoms with van der Waals surface area (Å²) in [5.41, 5.74) is -1.88. The van der Waals surface area contributed by atoms with Crippen LogP contribution in [0.2, 0.25) is 0 Å². The van der Waals surface area contributed by atoms with Crippen molar-refractivity contribution < 1.29 is 22.8 Å². The lowest BCUT2D eigenvalue weighted by atomic mass is 10.1. The monoisotopic (exact) mass is 456 g/mol. The number of alkyl halides is 3. The second-order valence-electron chi connectivity index (χ2n) is 7.71. The van der Waals surface area contributed by atoms with Crippen molar-refractivity contribution in [1.29, 1.82) is 0 Å². The fourth-order valence-electron chi connectivity index (χ4n) is 3.27. The molecule has 0 bridgehead atoms. The van der Waals surface area contributed by atoms with Crippen LogP contribution in [0.1, 0.15) is 44.9 Å². The third kappa shape index (κ3) is 4.94. The van der Waals surface area contributed by atoms with E-state index in [0.717, 1.165) is 29.7 Å². The summed E-state index contributed by atoms with van der Waals surface area (Å²) in [5, 5.41) is 9.25. The predicted octanol–water partition coefficient (Wildman–Crippen LogP) is 3.70. The normalized spacial score (nSPS) is 13.5. The average Bonchev–Trinajstić information content (AvgIpc) is 3.57. The van der Waals surface area contributed by atoms with Crippen LogP contribution in [0.4, 0.5) is 18.9 Å². The van der Waals surface area contributed by atoms with Crippen LogP contribution in [-0.2, 0) is 6.18 Å². The molecule has 2 aromatic carbocycles. The molecule has 2 amide bonds. The van der Waals surface area contributed by atoms with E-state index in [4.69, 9.17) is 0 Å². The SMILES string of the molecule is Cc1cc(=O)c(C(=O)Nc2cccc(C(=O)NC3CC3)c2)nn1-c1ccccc1C(F)(F)F. The van der Waals surface area contributed by atoms with Gasteiger partial charge in [0, 0.05) is 29.1 Å². The zero-order valence-corrected chi connectivity index (χ0v) is 17.4. The van der Waals surface area contributed by atoms with E-state index < -0.39 is 28.8 Å². The van der Waals surface area contributed by atoms with Gasteiger partial charge in [-0.3, -0.25) is 14.4 Å². The molecule has 1 aromatic heterocycles. The summed E-state index contributed by atoms with van der Waals surface area (Å²) in [4.78, 5) is 37.4. The molecule has 0 saturated heterocycles. The summed E-state index contributed by atoms with van der Waals surface area (Å²) in [5.74, 6) is -1.19. The van der Waals surface area contributed by atoms with Gasteiger partial charge in [-0.05, 0) is 50.1 Å². The van der Waals surface area contributed by atoms with Gasteiger partial charge >= 0.3 is 6.18 Å². The highest BCUT2D eigenvalue weighted by atomic mass is 19.4. The Morgan fingerprint density at radius 1 is 1.03 bits per heavy atom. The molecule has 0 aliphatic heterocycles. The average molecular weight is 456 g/mol. The Morgan fingerprint density at radius 3 is 2.45 bits per heavy atom. The number of hydrogen-bond acceptors (Lipinski definition) is 4. The lowest BCUT2D eigenvalue weighted by Crippen LogP contribution is -2.28. The predicted molar refractivity (Wildman–Crippen MR) is 114 cm³/mol. The molecule has 0 unspecified atom stereocenters. The Bertz CT molecular complexity index is 1300. The summed E-state index contributed by atoms with van der Waals surface area (Å²) >= 11 is 0. The van der Waals surface area contributed by atoms with Gasteiger partial charge in [-0.1, -0.05) is 18.2 Å². The van der Waals surface area contributed by atoms with Crippen LogP contribution in [0.15, 0.2) is 59.4 Å². The van der Waals surface area contributed by atoms with E-state index in [1.54, 1.807) is 12.1 Å². The van der Waals surface area contributed by atoms with E-state index in [-0.39, 0.29) is 29.0 Å². The van der Waals surface area contributed by atoms with E-state index in [1.165, 1.54) is 37.3 Å². The molecule has 1 heterocycles. The Morgan fingerprint density at radius 2 is 1.76 bits per heavy atom. The highest BCUT2D eigenvalue weighted by Gasteiger charge is 2.34. The van der Waals surface area contributed by atoms with Gasteiger partial charge in [0.15, 0.2) is 5.69 Å². The third-order valence-corrected chi connectivity index (χ3v) is 5.06. The Balaban J connectivity index is 1.65. The number of rotatable bonds is 5. The molecule has 1 aliphatic carbocycles. The number of carbonyl (C=O) groups excluding carboxylic acids is 2. The van der Waals surface area contributed by atoms with Gasteiger partial charge < -0.3 is 10.6 Å². The minimum Gasteiger partial charge on any atom is -0.349 e. The van der Waals surface area contributed by atoms with E-state index >= 15 is 0 Å². The first-order valence-electron chi connectivity index (χ1n) is 10.1. The molecule has 1 aliphatic rings. The molecule has 170 valence electrons. The van der Waals surface area contributed by atoms with Crippen LogP contribution < -0.4 is 16.1 Å². The molecule has 4 rings (SSSR count). The molecular weight excluding hydrogens is 437 g/mol. The van der Waals surface area contributed by atoms with Crippen molar-refractivity contribution in [2.75, 3.05) is 5.32 Å². The summed E-state index contributed by atoms with van der Waals surface area (Å²) in [7, 11) is 0. The third-order valence-electron chi connectivity index (χ3n) is 5.06. The van der Waals surface area contributed by atoms with Crippen LogP contribution >= 0.6 is 0 Å². The zero-order chi connectivity index (χ0) is 23.8. The molecule has 2 N–H and O–H groups in total. The van der Waals surface area contributed by atoms with E-state index in [2.05, 4.69) is 15.7 Å². The summed E-state index contributed by atoms with van der Waals surface area (Å²) < 4.78 is 41.3. The van der Waals surface area contributed by atoms with Gasteiger partial charge in [0.05, 0.1) is 11.3 Å². The molecule has 0 atom stereocenters. The maximum atomic E-state index is 13.5. The van der Waals surface area contributed by atoms with Crippen molar-refractivity contribution in [3.8, 4) is 5.69 Å². The molecule has 1 fully saturated rings. The first-order chi connectivity index (χ1) is 15.6. The molecule has 0 radical (unpaired) electrons. The van der Waals surface area contributed by atoms with Crippen LogP contribution in [0, 0.1) is 6.92 Å². The molecule has 1 saturated carbocycles. The number of hydrogen-bond donors (Lipinski definition) is 2. The molecule has 3 aromatic rings. The van der Waals surface area contributed by atoms with Crippen molar-refractivity contribution in [2.24, 2.45) is 0 Å². The Labute approximate surface area is 186 Å². The van der Waals surface area contributed by atoms with Crippen LogP contribution in [0.5, 0.6) is 0 Å². The van der Waals surface area contributed by atoms with E-state index in [0.29, 0.717) is 5.56 Å². The fraction of sp³-hybridized carbons (Fsp3) is 0.217. The maximum Gasteiger partial charge on any atom is 0.418 e. The topological polar surface area (TPSA) is 93.1 Å². The minimum atomic E-state index is -4.66. The summed E-state index contributed by atoms with van der Waals surface area (Å²) in [6.45, 7) is 1.42. The second kappa shape index (κ2) is 8.53. The maximum absolute atomic E-state index is 13.5. The van der Waals surface area contributed by atoms with Gasteiger partial charge in [-0.25, -0.2) is 4.68 Å². The van der Waals surface area contributed by atoms with E-state index in [9.17, 15) is 27.6 Å². The smallest absolute Gasteiger partial charge is 0.349 e.